The molecular formula is C32H43N5O. The standard InChI is InChI=1S/C30H37N5O.C2H6/c1-20(18-28-21(2)32-15-12-27(28)29-11-10-26(31)19-33-29)22(3)35-16-13-24(14-17-35)23-6-8-25(9-7-23)30(36)34(4)5;1-2/h6-12,15,18-19,22,24H,13-14,16-17,31H2,1-5H3;1-2H3/b20-18+;. The Morgan fingerprint density at radius 2 is 1.71 bits per heavy atom. The summed E-state index contributed by atoms with van der Waals surface area (Å²) in [7, 11) is 3.57. The molecule has 1 atom stereocenters. The number of hydrogen-bond acceptors (Lipinski definition) is 5. The lowest BCUT2D eigenvalue weighted by atomic mass is 9.88. The van der Waals surface area contributed by atoms with Crippen molar-refractivity contribution in [3.8, 4) is 11.3 Å². The monoisotopic (exact) mass is 513 g/mol. The highest BCUT2D eigenvalue weighted by molar-refractivity contribution is 5.93. The predicted molar refractivity (Wildman–Crippen MR) is 159 cm³/mol. The highest BCUT2D eigenvalue weighted by Crippen LogP contribution is 2.31. The third-order valence-corrected chi connectivity index (χ3v) is 7.40. The summed E-state index contributed by atoms with van der Waals surface area (Å²) < 4.78 is 0. The number of likely N-dealkylation sites (tertiary alicyclic amines) is 1. The lowest BCUT2D eigenvalue weighted by Gasteiger charge is -2.37. The second kappa shape index (κ2) is 13.3. The number of piperidine rings is 1. The molecule has 1 fully saturated rings. The maximum atomic E-state index is 12.2. The van der Waals surface area contributed by atoms with E-state index in [4.69, 9.17) is 5.73 Å². The van der Waals surface area contributed by atoms with Crippen molar-refractivity contribution in [1.82, 2.24) is 19.8 Å². The summed E-state index contributed by atoms with van der Waals surface area (Å²) >= 11 is 0. The van der Waals surface area contributed by atoms with Gasteiger partial charge < -0.3 is 10.6 Å². The van der Waals surface area contributed by atoms with Gasteiger partial charge in [0.15, 0.2) is 0 Å². The normalized spacial score (nSPS) is 15.4. The molecule has 0 radical (unpaired) electrons. The highest BCUT2D eigenvalue weighted by atomic mass is 16.2. The fraction of sp³-hybridized carbons (Fsp3) is 0.406. The van der Waals surface area contributed by atoms with E-state index in [2.05, 4.69) is 46.9 Å². The van der Waals surface area contributed by atoms with Crippen LogP contribution in [0.1, 0.15) is 73.6 Å². The Labute approximate surface area is 228 Å². The molecule has 6 nitrogen and oxygen atoms in total. The number of nitrogens with two attached hydrogens (primary N) is 1. The zero-order valence-electron chi connectivity index (χ0n) is 24.0. The Morgan fingerprint density at radius 3 is 2.29 bits per heavy atom. The molecule has 2 aromatic heterocycles. The van der Waals surface area contributed by atoms with Gasteiger partial charge in [0, 0.05) is 48.7 Å². The van der Waals surface area contributed by atoms with E-state index >= 15 is 0 Å². The van der Waals surface area contributed by atoms with Gasteiger partial charge >= 0.3 is 0 Å². The highest BCUT2D eigenvalue weighted by Gasteiger charge is 2.25. The average Bonchev–Trinajstić information content (AvgIpc) is 2.95. The first-order valence-corrected chi connectivity index (χ1v) is 13.7. The van der Waals surface area contributed by atoms with Crippen molar-refractivity contribution in [1.29, 1.82) is 0 Å². The molecule has 2 N–H and O–H groups in total. The lowest BCUT2D eigenvalue weighted by molar-refractivity contribution is 0.0827. The summed E-state index contributed by atoms with van der Waals surface area (Å²) in [6.07, 6.45) is 8.04. The molecule has 3 heterocycles. The SMILES string of the molecule is C/C(=C\c1c(-c2ccc(N)cn2)ccnc1C)C(C)N1CCC(c2ccc(C(=O)N(C)C)cc2)CC1.CC. The number of carbonyl (C=O) groups is 1. The van der Waals surface area contributed by atoms with Crippen LogP contribution in [0.5, 0.6) is 0 Å². The Kier molecular flexibility index (Phi) is 10.2. The smallest absolute Gasteiger partial charge is 0.253 e. The Hall–Kier alpha value is -3.51. The number of aryl methyl sites for hydroxylation is 1. The van der Waals surface area contributed by atoms with Crippen molar-refractivity contribution >= 4 is 17.7 Å². The van der Waals surface area contributed by atoms with Gasteiger partial charge in [0.2, 0.25) is 0 Å². The predicted octanol–water partition coefficient (Wildman–Crippen LogP) is 6.43. The van der Waals surface area contributed by atoms with Gasteiger partial charge in [-0.15, -0.1) is 0 Å². The number of hydrogen-bond donors (Lipinski definition) is 1. The van der Waals surface area contributed by atoms with Crippen LogP contribution in [0.4, 0.5) is 5.69 Å². The van der Waals surface area contributed by atoms with Gasteiger partial charge in [0.25, 0.3) is 5.91 Å². The first-order chi connectivity index (χ1) is 18.2. The molecule has 0 aliphatic carbocycles. The largest absolute Gasteiger partial charge is 0.397 e. The van der Waals surface area contributed by atoms with Crippen LogP contribution in [0.2, 0.25) is 0 Å². The summed E-state index contributed by atoms with van der Waals surface area (Å²) in [5.41, 5.74) is 14.0. The van der Waals surface area contributed by atoms with E-state index < -0.39 is 0 Å². The fourth-order valence-electron chi connectivity index (χ4n) is 4.96. The zero-order valence-corrected chi connectivity index (χ0v) is 24.0. The van der Waals surface area contributed by atoms with E-state index in [-0.39, 0.29) is 5.91 Å². The summed E-state index contributed by atoms with van der Waals surface area (Å²) in [6, 6.07) is 14.4. The van der Waals surface area contributed by atoms with Crippen molar-refractivity contribution in [2.75, 3.05) is 32.9 Å². The molecule has 0 bridgehead atoms. The van der Waals surface area contributed by atoms with Gasteiger partial charge in [0.1, 0.15) is 0 Å². The number of amides is 1. The maximum absolute atomic E-state index is 12.2. The second-order valence-electron chi connectivity index (χ2n) is 10.0. The fourth-order valence-corrected chi connectivity index (χ4v) is 4.96. The van der Waals surface area contributed by atoms with Crippen molar-refractivity contribution < 1.29 is 4.79 Å². The molecule has 1 aromatic carbocycles. The molecule has 38 heavy (non-hydrogen) atoms. The number of aromatic nitrogens is 2. The summed E-state index contributed by atoms with van der Waals surface area (Å²) in [4.78, 5) is 25.5. The van der Waals surface area contributed by atoms with E-state index in [9.17, 15) is 4.79 Å². The molecule has 1 aliphatic rings. The molecule has 1 aliphatic heterocycles. The third kappa shape index (κ3) is 6.87. The molecule has 202 valence electrons. The van der Waals surface area contributed by atoms with Gasteiger partial charge in [-0.2, -0.15) is 0 Å². The van der Waals surface area contributed by atoms with Gasteiger partial charge in [-0.05, 0) is 88.5 Å². The number of carbonyl (C=O) groups excluding carboxylic acids is 1. The molecule has 4 rings (SSSR count). The van der Waals surface area contributed by atoms with Crippen LogP contribution in [-0.4, -0.2) is 58.9 Å². The lowest BCUT2D eigenvalue weighted by Crippen LogP contribution is -2.40. The molecule has 0 spiro atoms. The van der Waals surface area contributed by atoms with Crippen molar-refractivity contribution in [3.63, 3.8) is 0 Å². The second-order valence-corrected chi connectivity index (χ2v) is 10.0. The van der Waals surface area contributed by atoms with Crippen LogP contribution in [-0.2, 0) is 0 Å². The third-order valence-electron chi connectivity index (χ3n) is 7.40. The topological polar surface area (TPSA) is 75.3 Å². The van der Waals surface area contributed by atoms with Gasteiger partial charge in [-0.3, -0.25) is 19.7 Å². The Bertz CT molecular complexity index is 1220. The van der Waals surface area contributed by atoms with Gasteiger partial charge in [-0.25, -0.2) is 0 Å². The van der Waals surface area contributed by atoms with Gasteiger partial charge in [0.05, 0.1) is 17.6 Å². The van der Waals surface area contributed by atoms with E-state index in [1.807, 2.05) is 57.3 Å². The van der Waals surface area contributed by atoms with Crippen LogP contribution >= 0.6 is 0 Å². The molecular weight excluding hydrogens is 470 g/mol. The molecule has 3 aromatic rings. The first-order valence-electron chi connectivity index (χ1n) is 13.7. The summed E-state index contributed by atoms with van der Waals surface area (Å²) in [6.45, 7) is 12.7. The van der Waals surface area contributed by atoms with Gasteiger partial charge in [-0.1, -0.05) is 37.6 Å². The average molecular weight is 514 g/mol. The van der Waals surface area contributed by atoms with Crippen LogP contribution in [0.25, 0.3) is 17.3 Å². The van der Waals surface area contributed by atoms with E-state index in [0.717, 1.165) is 54.0 Å². The van der Waals surface area contributed by atoms with Crippen molar-refractivity contribution in [3.05, 3.63) is 82.8 Å². The number of nitrogen functional groups attached to an aromatic ring is 1. The Balaban J connectivity index is 0.00000195. The van der Waals surface area contributed by atoms with Crippen LogP contribution in [0.3, 0.4) is 0 Å². The first kappa shape index (κ1) is 29.1. The molecule has 1 unspecified atom stereocenters. The zero-order chi connectivity index (χ0) is 27.8. The molecule has 1 saturated heterocycles. The minimum Gasteiger partial charge on any atom is -0.397 e. The molecule has 6 heteroatoms. The van der Waals surface area contributed by atoms with Crippen LogP contribution < -0.4 is 5.73 Å². The van der Waals surface area contributed by atoms with E-state index in [1.165, 1.54) is 11.1 Å². The van der Waals surface area contributed by atoms with Crippen LogP contribution in [0, 0.1) is 6.92 Å². The van der Waals surface area contributed by atoms with E-state index in [1.54, 1.807) is 25.2 Å². The minimum atomic E-state index is 0.0478. The number of rotatable bonds is 6. The summed E-state index contributed by atoms with van der Waals surface area (Å²) in [5.74, 6) is 0.580. The Morgan fingerprint density at radius 1 is 1.05 bits per heavy atom. The quantitative estimate of drug-likeness (QED) is 0.411. The van der Waals surface area contributed by atoms with Crippen molar-refractivity contribution in [2.45, 2.75) is 59.4 Å². The maximum Gasteiger partial charge on any atom is 0.253 e. The van der Waals surface area contributed by atoms with E-state index in [0.29, 0.717) is 17.6 Å². The summed E-state index contributed by atoms with van der Waals surface area (Å²) in [5, 5.41) is 0. The molecule has 1 amide bonds. The van der Waals surface area contributed by atoms with Crippen molar-refractivity contribution in [2.24, 2.45) is 0 Å². The van der Waals surface area contributed by atoms with Crippen LogP contribution in [0.15, 0.2) is 60.4 Å². The number of benzene rings is 1. The number of pyridine rings is 2. The molecule has 0 saturated carbocycles. The minimum absolute atomic E-state index is 0.0478. The number of nitrogens with zero attached hydrogens (tertiary/aromatic N) is 4. The number of anilines is 1.